The second kappa shape index (κ2) is 11.0. The maximum Gasteiger partial charge on any atom is 0.410 e. The van der Waals surface area contributed by atoms with Crippen molar-refractivity contribution in [1.29, 1.82) is 0 Å². The molecule has 0 aromatic heterocycles. The number of benzene rings is 3. The van der Waals surface area contributed by atoms with Gasteiger partial charge in [0.2, 0.25) is 0 Å². The molecule has 2 aliphatic rings. The van der Waals surface area contributed by atoms with Crippen LogP contribution in [0.4, 0.5) is 9.18 Å². The molecule has 3 aromatic rings. The number of likely N-dealkylation sites (tertiary alicyclic amines) is 1. The summed E-state index contributed by atoms with van der Waals surface area (Å²) in [6, 6.07) is 20.1. The van der Waals surface area contributed by atoms with Gasteiger partial charge >= 0.3 is 12.1 Å². The van der Waals surface area contributed by atoms with E-state index in [-0.39, 0.29) is 24.9 Å². The van der Waals surface area contributed by atoms with Crippen molar-refractivity contribution in [2.45, 2.75) is 31.4 Å². The molecule has 0 spiro atoms. The van der Waals surface area contributed by atoms with Gasteiger partial charge in [0.05, 0.1) is 6.61 Å². The molecule has 1 fully saturated rings. The lowest BCUT2D eigenvalue weighted by atomic mass is 9.98. The van der Waals surface area contributed by atoms with Gasteiger partial charge in [0.15, 0.2) is 0 Å². The number of halogens is 2. The molecule has 0 radical (unpaired) electrons. The van der Waals surface area contributed by atoms with E-state index in [1.54, 1.807) is 12.1 Å². The molecule has 1 heterocycles. The summed E-state index contributed by atoms with van der Waals surface area (Å²) < 4.78 is 18.9. The maximum absolute atomic E-state index is 12.7. The molecule has 1 aliphatic carbocycles. The Bertz CT molecular complexity index is 1190. The minimum absolute atomic E-state index is 0.0118. The van der Waals surface area contributed by atoms with Crippen LogP contribution in [-0.2, 0) is 16.1 Å². The second-order valence-electron chi connectivity index (χ2n) is 8.39. The topological polar surface area (TPSA) is 87.1 Å². The van der Waals surface area contributed by atoms with Gasteiger partial charge in [-0.3, -0.25) is 4.90 Å². The van der Waals surface area contributed by atoms with Crippen molar-refractivity contribution in [3.05, 3.63) is 93.7 Å². The van der Waals surface area contributed by atoms with Crippen LogP contribution in [0.2, 0.25) is 0 Å². The Morgan fingerprint density at radius 3 is 2.23 bits per heavy atom. The number of carboxylic acids is 1. The summed E-state index contributed by atoms with van der Waals surface area (Å²) >= 11 is 3.10. The van der Waals surface area contributed by atoms with E-state index in [9.17, 15) is 19.1 Å². The Hall–Kier alpha value is -3.23. The van der Waals surface area contributed by atoms with Crippen molar-refractivity contribution >= 4 is 28.0 Å². The number of ether oxygens (including phenoxy) is 1. The van der Waals surface area contributed by atoms with Gasteiger partial charge in [-0.05, 0) is 47.2 Å². The summed E-state index contributed by atoms with van der Waals surface area (Å²) in [5, 5.41) is 17.8. The highest BCUT2D eigenvalue weighted by atomic mass is 79.9. The molecule has 6 nitrogen and oxygen atoms in total. The Morgan fingerprint density at radius 1 is 1.03 bits per heavy atom. The van der Waals surface area contributed by atoms with Crippen molar-refractivity contribution in [1.82, 2.24) is 4.90 Å². The summed E-state index contributed by atoms with van der Waals surface area (Å²) in [7, 11) is 0. The van der Waals surface area contributed by atoms with Crippen LogP contribution in [-0.4, -0.2) is 46.4 Å². The van der Waals surface area contributed by atoms with Crippen LogP contribution in [0.5, 0.6) is 0 Å². The third-order valence-electron chi connectivity index (χ3n) is 6.29. The van der Waals surface area contributed by atoms with Crippen molar-refractivity contribution in [2.24, 2.45) is 0 Å². The first-order chi connectivity index (χ1) is 16.9. The molecular formula is C27H25BrFNO5. The molecule has 3 aromatic carbocycles. The smallest absolute Gasteiger partial charge is 0.410 e. The highest BCUT2D eigenvalue weighted by Crippen LogP contribution is 2.44. The van der Waals surface area contributed by atoms with E-state index in [1.165, 1.54) is 22.1 Å². The zero-order chi connectivity index (χ0) is 24.9. The van der Waals surface area contributed by atoms with Crippen LogP contribution >= 0.6 is 15.9 Å². The standard InChI is InChI=1S/C20H19NO4.C7H6BrFO/c22-19(23)18-10-5-11-21(18)20(24)25-12-17-15-8-3-1-6-13(15)14-7-2-4-9-16(14)17;8-6-2-1-5(4-10)7(9)3-6/h1-4,6-9,17-18H,5,10-12H2,(H,22,23);1-3,10H,4H2. The normalized spacial score (nSPS) is 16.2. The van der Waals surface area contributed by atoms with Crippen molar-refractivity contribution in [3.63, 3.8) is 0 Å². The third-order valence-corrected chi connectivity index (χ3v) is 6.79. The molecule has 0 saturated carbocycles. The number of amides is 1. The van der Waals surface area contributed by atoms with Gasteiger partial charge in [0, 0.05) is 22.5 Å². The third kappa shape index (κ3) is 5.39. The van der Waals surface area contributed by atoms with Crippen LogP contribution in [0.3, 0.4) is 0 Å². The largest absolute Gasteiger partial charge is 0.480 e. The lowest BCUT2D eigenvalue weighted by molar-refractivity contribution is -0.141. The molecule has 2 N–H and O–H groups in total. The minimum Gasteiger partial charge on any atom is -0.480 e. The number of carbonyl (C=O) groups excluding carboxylic acids is 1. The van der Waals surface area contributed by atoms with Gasteiger partial charge in [-0.2, -0.15) is 0 Å². The molecule has 8 heteroatoms. The average Bonchev–Trinajstić information content (AvgIpc) is 3.47. The number of hydrogen-bond donors (Lipinski definition) is 2. The van der Waals surface area contributed by atoms with Crippen LogP contribution in [0.1, 0.15) is 35.4 Å². The Balaban J connectivity index is 0.000000243. The first kappa shape index (κ1) is 24.9. The monoisotopic (exact) mass is 541 g/mol. The van der Waals surface area contributed by atoms with E-state index in [0.29, 0.717) is 29.4 Å². The zero-order valence-corrected chi connectivity index (χ0v) is 20.4. The van der Waals surface area contributed by atoms with Gasteiger partial charge in [-0.25, -0.2) is 14.0 Å². The predicted octanol–water partition coefficient (Wildman–Crippen LogP) is 5.57. The summed E-state index contributed by atoms with van der Waals surface area (Å²) in [6.45, 7) is 0.405. The quantitative estimate of drug-likeness (QED) is 0.451. The number of carboxylic acid groups (broad SMARTS) is 1. The Labute approximate surface area is 211 Å². The molecule has 1 atom stereocenters. The summed E-state index contributed by atoms with van der Waals surface area (Å²) in [5.41, 5.74) is 4.95. The van der Waals surface area contributed by atoms with Crippen molar-refractivity contribution in [2.75, 3.05) is 13.2 Å². The molecule has 1 unspecified atom stereocenters. The summed E-state index contributed by atoms with van der Waals surface area (Å²) in [5.74, 6) is -1.36. The first-order valence-corrected chi connectivity index (χ1v) is 12.1. The van der Waals surface area contributed by atoms with E-state index in [0.717, 1.165) is 11.1 Å². The molecular weight excluding hydrogens is 517 g/mol. The second-order valence-corrected chi connectivity index (χ2v) is 9.30. The van der Waals surface area contributed by atoms with Crippen LogP contribution < -0.4 is 0 Å². The number of aliphatic carboxylic acids is 1. The summed E-state index contributed by atoms with van der Waals surface area (Å²) in [4.78, 5) is 25.0. The predicted molar refractivity (Wildman–Crippen MR) is 132 cm³/mol. The molecule has 5 rings (SSSR count). The number of aliphatic hydroxyl groups is 1. The Morgan fingerprint density at radius 2 is 1.66 bits per heavy atom. The lowest BCUT2D eigenvalue weighted by Crippen LogP contribution is -2.41. The molecule has 182 valence electrons. The van der Waals surface area contributed by atoms with Gasteiger partial charge in [-0.1, -0.05) is 70.5 Å². The van der Waals surface area contributed by atoms with E-state index in [1.807, 2.05) is 24.3 Å². The van der Waals surface area contributed by atoms with E-state index >= 15 is 0 Å². The minimum atomic E-state index is -0.967. The van der Waals surface area contributed by atoms with Crippen molar-refractivity contribution in [3.8, 4) is 11.1 Å². The van der Waals surface area contributed by atoms with Crippen LogP contribution in [0.25, 0.3) is 11.1 Å². The van der Waals surface area contributed by atoms with Crippen LogP contribution in [0.15, 0.2) is 71.2 Å². The first-order valence-electron chi connectivity index (χ1n) is 11.3. The van der Waals surface area contributed by atoms with E-state index < -0.39 is 18.1 Å². The highest BCUT2D eigenvalue weighted by Gasteiger charge is 2.36. The molecule has 1 aliphatic heterocycles. The number of rotatable bonds is 4. The molecule has 1 amide bonds. The van der Waals surface area contributed by atoms with Gasteiger partial charge in [-0.15, -0.1) is 0 Å². The highest BCUT2D eigenvalue weighted by molar-refractivity contribution is 9.10. The van der Waals surface area contributed by atoms with Crippen molar-refractivity contribution < 1.29 is 28.9 Å². The van der Waals surface area contributed by atoms with Crippen LogP contribution in [0, 0.1) is 5.82 Å². The Kier molecular flexibility index (Phi) is 7.83. The van der Waals surface area contributed by atoms with Gasteiger partial charge < -0.3 is 14.9 Å². The number of nitrogens with zero attached hydrogens (tertiary/aromatic N) is 1. The van der Waals surface area contributed by atoms with Gasteiger partial charge in [0.1, 0.15) is 18.5 Å². The van der Waals surface area contributed by atoms with Gasteiger partial charge in [0.25, 0.3) is 0 Å². The average molecular weight is 542 g/mol. The molecule has 1 saturated heterocycles. The summed E-state index contributed by atoms with van der Waals surface area (Å²) in [6.07, 6.45) is 0.646. The fraction of sp³-hybridized carbons (Fsp3) is 0.259. The fourth-order valence-corrected chi connectivity index (χ4v) is 4.90. The molecule has 35 heavy (non-hydrogen) atoms. The number of fused-ring (bicyclic) bond motifs is 3. The number of carbonyl (C=O) groups is 2. The fourth-order valence-electron chi connectivity index (χ4n) is 4.57. The lowest BCUT2D eigenvalue weighted by Gasteiger charge is -2.22. The number of aliphatic hydroxyl groups excluding tert-OH is 1. The maximum atomic E-state index is 12.7. The SMILES string of the molecule is O=C(O)C1CCCN1C(=O)OCC1c2ccccc2-c2ccccc21.OCc1ccc(Br)cc1F. The van der Waals surface area contributed by atoms with E-state index in [4.69, 9.17) is 9.84 Å². The number of hydrogen-bond acceptors (Lipinski definition) is 4. The zero-order valence-electron chi connectivity index (χ0n) is 18.9. The van der Waals surface area contributed by atoms with E-state index in [2.05, 4.69) is 40.2 Å². The molecule has 0 bridgehead atoms.